The van der Waals surface area contributed by atoms with Gasteiger partial charge in [-0.3, -0.25) is 4.79 Å². The monoisotopic (exact) mass is 332 g/mol. The van der Waals surface area contributed by atoms with Crippen LogP contribution in [0.3, 0.4) is 0 Å². The Bertz CT molecular complexity index is 666. The van der Waals surface area contributed by atoms with Crippen molar-refractivity contribution in [3.05, 3.63) is 52.4 Å². The van der Waals surface area contributed by atoms with Gasteiger partial charge in [-0.1, -0.05) is 35.8 Å². The summed E-state index contributed by atoms with van der Waals surface area (Å²) in [6.07, 6.45) is 4.27. The third-order valence-corrected chi connectivity index (χ3v) is 4.51. The Hall–Kier alpha value is -1.81. The second-order valence-electron chi connectivity index (χ2n) is 6.02. The molecule has 5 heteroatoms. The first-order valence-corrected chi connectivity index (χ1v) is 8.54. The molecule has 0 saturated carbocycles. The van der Waals surface area contributed by atoms with Gasteiger partial charge in [-0.15, -0.1) is 0 Å². The van der Waals surface area contributed by atoms with E-state index in [4.69, 9.17) is 16.1 Å². The van der Waals surface area contributed by atoms with E-state index in [0.29, 0.717) is 11.4 Å². The highest BCUT2D eigenvalue weighted by Gasteiger charge is 2.32. The van der Waals surface area contributed by atoms with Crippen LogP contribution in [-0.2, 0) is 17.6 Å². The zero-order valence-electron chi connectivity index (χ0n) is 13.3. The topological polar surface area (TPSA) is 46.3 Å². The number of likely N-dealkylation sites (tertiary alicyclic amines) is 1. The van der Waals surface area contributed by atoms with Crippen molar-refractivity contribution in [2.75, 3.05) is 6.54 Å². The second-order valence-corrected chi connectivity index (χ2v) is 6.45. The molecule has 122 valence electrons. The number of aromatic nitrogens is 1. The zero-order chi connectivity index (χ0) is 16.2. The van der Waals surface area contributed by atoms with E-state index in [1.807, 2.05) is 35.2 Å². The van der Waals surface area contributed by atoms with Crippen LogP contribution in [0.4, 0.5) is 0 Å². The molecule has 1 saturated heterocycles. The van der Waals surface area contributed by atoms with Crippen molar-refractivity contribution in [1.82, 2.24) is 10.1 Å². The summed E-state index contributed by atoms with van der Waals surface area (Å²) in [7, 11) is 0. The number of rotatable bonds is 5. The van der Waals surface area contributed by atoms with Gasteiger partial charge < -0.3 is 9.42 Å². The molecule has 0 bridgehead atoms. The molecular formula is C18H21ClN2O2. The average Bonchev–Trinajstić information content (AvgIpc) is 3.18. The number of hydrogen-bond donors (Lipinski definition) is 0. The Labute approximate surface area is 141 Å². The molecular weight excluding hydrogens is 312 g/mol. The van der Waals surface area contributed by atoms with Crippen molar-refractivity contribution in [3.8, 4) is 0 Å². The maximum absolute atomic E-state index is 12.7. The number of amides is 1. The molecule has 3 rings (SSSR count). The minimum Gasteiger partial charge on any atom is -0.361 e. The molecule has 1 amide bonds. The molecule has 2 heterocycles. The van der Waals surface area contributed by atoms with Gasteiger partial charge in [0.2, 0.25) is 5.91 Å². The van der Waals surface area contributed by atoms with Crippen molar-refractivity contribution in [3.63, 3.8) is 0 Å². The van der Waals surface area contributed by atoms with E-state index >= 15 is 0 Å². The van der Waals surface area contributed by atoms with Crippen LogP contribution in [0.25, 0.3) is 0 Å². The summed E-state index contributed by atoms with van der Waals surface area (Å²) in [5.74, 6) is 1.04. The third kappa shape index (κ3) is 3.75. The largest absolute Gasteiger partial charge is 0.361 e. The molecule has 0 unspecified atom stereocenters. The summed E-state index contributed by atoms with van der Waals surface area (Å²) in [5.41, 5.74) is 1.87. The minimum absolute atomic E-state index is 0.0455. The van der Waals surface area contributed by atoms with E-state index in [1.54, 1.807) is 0 Å². The summed E-state index contributed by atoms with van der Waals surface area (Å²) in [5, 5.41) is 4.87. The second kappa shape index (κ2) is 7.18. The number of carbonyl (C=O) groups excluding carboxylic acids is 1. The van der Waals surface area contributed by atoms with Gasteiger partial charge >= 0.3 is 0 Å². The number of carbonyl (C=O) groups is 1. The Morgan fingerprint density at radius 1 is 1.39 bits per heavy atom. The fraction of sp³-hybridized carbons (Fsp3) is 0.444. The SMILES string of the molecule is CCCc1cc([C@H]2CCCN2C(=O)Cc2ccc(Cl)cc2)no1. The Morgan fingerprint density at radius 2 is 2.17 bits per heavy atom. The van der Waals surface area contributed by atoms with Crippen molar-refractivity contribution in [2.45, 2.75) is 45.1 Å². The predicted octanol–water partition coefficient (Wildman–Crippen LogP) is 4.19. The van der Waals surface area contributed by atoms with E-state index in [9.17, 15) is 4.79 Å². The molecule has 1 aliphatic rings. The molecule has 0 aliphatic carbocycles. The van der Waals surface area contributed by atoms with E-state index in [-0.39, 0.29) is 11.9 Å². The van der Waals surface area contributed by atoms with Gasteiger partial charge in [-0.05, 0) is 37.0 Å². The predicted molar refractivity (Wildman–Crippen MR) is 89.3 cm³/mol. The van der Waals surface area contributed by atoms with Crippen LogP contribution in [0.1, 0.15) is 49.2 Å². The van der Waals surface area contributed by atoms with Crippen LogP contribution in [-0.4, -0.2) is 22.5 Å². The normalized spacial score (nSPS) is 17.7. The van der Waals surface area contributed by atoms with Crippen LogP contribution in [0.2, 0.25) is 5.02 Å². The maximum Gasteiger partial charge on any atom is 0.227 e. The van der Waals surface area contributed by atoms with Gasteiger partial charge in [0.25, 0.3) is 0 Å². The molecule has 1 aromatic heterocycles. The lowest BCUT2D eigenvalue weighted by Gasteiger charge is -2.23. The highest BCUT2D eigenvalue weighted by Crippen LogP contribution is 2.32. The van der Waals surface area contributed by atoms with Crippen LogP contribution >= 0.6 is 11.6 Å². The van der Waals surface area contributed by atoms with E-state index in [2.05, 4.69) is 12.1 Å². The smallest absolute Gasteiger partial charge is 0.227 e. The molecule has 2 aromatic rings. The van der Waals surface area contributed by atoms with Crippen molar-refractivity contribution in [2.24, 2.45) is 0 Å². The molecule has 4 nitrogen and oxygen atoms in total. The number of nitrogens with zero attached hydrogens (tertiary/aromatic N) is 2. The summed E-state index contributed by atoms with van der Waals surface area (Å²) < 4.78 is 5.37. The van der Waals surface area contributed by atoms with Gasteiger partial charge in [0, 0.05) is 24.1 Å². The van der Waals surface area contributed by atoms with E-state index in [1.165, 1.54) is 0 Å². The highest BCUT2D eigenvalue weighted by atomic mass is 35.5. The van der Waals surface area contributed by atoms with Gasteiger partial charge in [-0.25, -0.2) is 0 Å². The van der Waals surface area contributed by atoms with E-state index < -0.39 is 0 Å². The Balaban J connectivity index is 1.70. The molecule has 0 spiro atoms. The highest BCUT2D eigenvalue weighted by molar-refractivity contribution is 6.30. The molecule has 1 atom stereocenters. The lowest BCUT2D eigenvalue weighted by molar-refractivity contribution is -0.131. The zero-order valence-corrected chi connectivity index (χ0v) is 14.1. The molecule has 0 N–H and O–H groups in total. The first-order valence-electron chi connectivity index (χ1n) is 8.16. The summed E-state index contributed by atoms with van der Waals surface area (Å²) >= 11 is 5.89. The van der Waals surface area contributed by atoms with Crippen molar-refractivity contribution >= 4 is 17.5 Å². The lowest BCUT2D eigenvalue weighted by Crippen LogP contribution is -2.32. The summed E-state index contributed by atoms with van der Waals surface area (Å²) in [4.78, 5) is 14.6. The number of halogens is 1. The fourth-order valence-corrected chi connectivity index (χ4v) is 3.23. The van der Waals surface area contributed by atoms with Gasteiger partial charge in [0.1, 0.15) is 11.5 Å². The first kappa shape index (κ1) is 16.1. The van der Waals surface area contributed by atoms with Crippen LogP contribution in [0, 0.1) is 0 Å². The van der Waals surface area contributed by atoms with Crippen LogP contribution in [0.5, 0.6) is 0 Å². The standard InChI is InChI=1S/C18H21ClN2O2/c1-2-4-15-12-16(20-23-15)17-5-3-10-21(17)18(22)11-13-6-8-14(19)9-7-13/h6-9,12,17H,2-5,10-11H2,1H3/t17-/m1/s1. The fourth-order valence-electron chi connectivity index (χ4n) is 3.10. The number of hydrogen-bond acceptors (Lipinski definition) is 3. The van der Waals surface area contributed by atoms with Crippen molar-refractivity contribution in [1.29, 1.82) is 0 Å². The molecule has 0 radical (unpaired) electrons. The minimum atomic E-state index is 0.0455. The molecule has 1 aromatic carbocycles. The van der Waals surface area contributed by atoms with Gasteiger partial charge in [0.05, 0.1) is 12.5 Å². The quantitative estimate of drug-likeness (QED) is 0.824. The Kier molecular flexibility index (Phi) is 5.01. The lowest BCUT2D eigenvalue weighted by atomic mass is 10.1. The third-order valence-electron chi connectivity index (χ3n) is 4.26. The van der Waals surface area contributed by atoms with Crippen LogP contribution in [0.15, 0.2) is 34.9 Å². The van der Waals surface area contributed by atoms with Gasteiger partial charge in [-0.2, -0.15) is 0 Å². The Morgan fingerprint density at radius 3 is 2.91 bits per heavy atom. The van der Waals surface area contributed by atoms with Crippen molar-refractivity contribution < 1.29 is 9.32 Å². The average molecular weight is 333 g/mol. The number of benzene rings is 1. The maximum atomic E-state index is 12.7. The first-order chi connectivity index (χ1) is 11.2. The van der Waals surface area contributed by atoms with Crippen LogP contribution < -0.4 is 0 Å². The molecule has 1 fully saturated rings. The summed E-state index contributed by atoms with van der Waals surface area (Å²) in [6, 6.07) is 9.49. The summed E-state index contributed by atoms with van der Waals surface area (Å²) in [6.45, 7) is 2.90. The van der Waals surface area contributed by atoms with Gasteiger partial charge in [0.15, 0.2) is 0 Å². The number of aryl methyl sites for hydroxylation is 1. The van der Waals surface area contributed by atoms with E-state index in [0.717, 1.165) is 49.2 Å². The molecule has 1 aliphatic heterocycles. The molecule has 23 heavy (non-hydrogen) atoms.